The van der Waals surface area contributed by atoms with Crippen molar-refractivity contribution in [1.82, 2.24) is 10.2 Å². The Kier molecular flexibility index (Phi) is 8.27. The van der Waals surface area contributed by atoms with Crippen molar-refractivity contribution in [2.75, 3.05) is 24.5 Å². The second-order valence-electron chi connectivity index (χ2n) is 9.53. The van der Waals surface area contributed by atoms with Gasteiger partial charge in [0, 0.05) is 22.3 Å². The second kappa shape index (κ2) is 11.1. The molecule has 2 aliphatic heterocycles. The molecule has 2 heterocycles. The van der Waals surface area contributed by atoms with Gasteiger partial charge in [0.25, 0.3) is 0 Å². The van der Waals surface area contributed by atoms with Crippen LogP contribution in [0, 0.1) is 3.57 Å². The Balaban J connectivity index is 1.53. The highest BCUT2D eigenvalue weighted by Crippen LogP contribution is 2.39. The zero-order chi connectivity index (χ0) is 22.4. The summed E-state index contributed by atoms with van der Waals surface area (Å²) in [6, 6.07) is 8.66. The number of allylic oxidation sites excluding steroid dienone is 1. The van der Waals surface area contributed by atoms with E-state index in [1.807, 2.05) is 17.0 Å². The first-order chi connectivity index (χ1) is 15.6. The smallest absolute Gasteiger partial charge is 0.303 e. The van der Waals surface area contributed by atoms with Crippen molar-refractivity contribution in [3.8, 4) is 0 Å². The molecule has 1 N–H and O–H groups in total. The maximum absolute atomic E-state index is 13.3. The van der Waals surface area contributed by atoms with E-state index in [2.05, 4.69) is 57.6 Å². The predicted molar refractivity (Wildman–Crippen MR) is 142 cm³/mol. The Morgan fingerprint density at radius 2 is 1.94 bits per heavy atom. The average Bonchev–Trinajstić information content (AvgIpc) is 3.06. The number of rotatable bonds is 8. The molecule has 0 atom stereocenters. The van der Waals surface area contributed by atoms with E-state index in [0.29, 0.717) is 6.04 Å². The molecule has 2 saturated heterocycles. The summed E-state index contributed by atoms with van der Waals surface area (Å²) in [6.45, 7) is 7.00. The van der Waals surface area contributed by atoms with Crippen LogP contribution in [0.2, 0.25) is 0 Å². The summed E-state index contributed by atoms with van der Waals surface area (Å²) in [6.07, 6.45) is 14.9. The number of amidine groups is 1. The third-order valence-corrected chi connectivity index (χ3v) is 7.99. The van der Waals surface area contributed by atoms with Crippen LogP contribution in [0.25, 0.3) is 0 Å². The normalized spacial score (nSPS) is 23.1. The summed E-state index contributed by atoms with van der Waals surface area (Å²) in [5, 5.41) is 3.22. The Morgan fingerprint density at radius 3 is 2.66 bits per heavy atom. The number of hydrogen-bond acceptors (Lipinski definition) is 3. The molecule has 3 fully saturated rings. The van der Waals surface area contributed by atoms with Crippen LogP contribution in [0.3, 0.4) is 0 Å². The first-order valence-corrected chi connectivity index (χ1v) is 13.5. The first kappa shape index (κ1) is 23.7. The molecule has 3 aliphatic rings. The van der Waals surface area contributed by atoms with E-state index in [9.17, 15) is 4.79 Å². The topological polar surface area (TPSA) is 47.9 Å². The standard InChI is InChI=1S/C26H37IN4O/c1-2-3-4-5-9-17-30-18-15-26(16-19-30)24(28-22-12-7-6-8-13-22)29-25(32)31(26)23-14-10-11-21(27)20-23/h2,10-11,14,20,22H,1,3-9,12-13,15-19H2,(H,28,29,32). The lowest BCUT2D eigenvalue weighted by Crippen LogP contribution is -2.57. The monoisotopic (exact) mass is 548 g/mol. The number of carbonyl (C=O) groups excluding carboxylic acids is 1. The maximum atomic E-state index is 13.3. The van der Waals surface area contributed by atoms with Crippen LogP contribution in [0.4, 0.5) is 10.5 Å². The number of urea groups is 1. The van der Waals surface area contributed by atoms with Crippen molar-refractivity contribution in [2.45, 2.75) is 82.2 Å². The van der Waals surface area contributed by atoms with Crippen LogP contribution in [0.15, 0.2) is 41.9 Å². The van der Waals surface area contributed by atoms with Crippen LogP contribution in [-0.4, -0.2) is 48.0 Å². The molecule has 1 saturated carbocycles. The van der Waals surface area contributed by atoms with Crippen LogP contribution >= 0.6 is 22.6 Å². The molecule has 174 valence electrons. The summed E-state index contributed by atoms with van der Waals surface area (Å²) >= 11 is 2.33. The lowest BCUT2D eigenvalue weighted by molar-refractivity contribution is 0.188. The minimum absolute atomic E-state index is 0.0144. The first-order valence-electron chi connectivity index (χ1n) is 12.4. The number of amides is 2. The van der Waals surface area contributed by atoms with Crippen LogP contribution < -0.4 is 10.2 Å². The third kappa shape index (κ3) is 5.38. The van der Waals surface area contributed by atoms with E-state index >= 15 is 0 Å². The van der Waals surface area contributed by atoms with Gasteiger partial charge in [0.15, 0.2) is 0 Å². The Bertz CT molecular complexity index is 825. The van der Waals surface area contributed by atoms with Crippen LogP contribution in [0.5, 0.6) is 0 Å². The van der Waals surface area contributed by atoms with Gasteiger partial charge in [-0.1, -0.05) is 37.8 Å². The molecular formula is C26H37IN4O. The maximum Gasteiger partial charge on any atom is 0.328 e. The van der Waals surface area contributed by atoms with E-state index in [1.54, 1.807) is 0 Å². The molecule has 5 nitrogen and oxygen atoms in total. The lowest BCUT2D eigenvalue weighted by Gasteiger charge is -2.44. The van der Waals surface area contributed by atoms with Gasteiger partial charge in [0.05, 0.1) is 6.04 Å². The van der Waals surface area contributed by atoms with Gasteiger partial charge in [0.1, 0.15) is 11.4 Å². The van der Waals surface area contributed by atoms with Crippen molar-refractivity contribution in [3.05, 3.63) is 40.5 Å². The number of nitrogens with one attached hydrogen (secondary N) is 1. The molecule has 32 heavy (non-hydrogen) atoms. The van der Waals surface area contributed by atoms with Gasteiger partial charge in [-0.25, -0.2) is 4.79 Å². The third-order valence-electron chi connectivity index (χ3n) is 7.32. The number of likely N-dealkylation sites (tertiary alicyclic amines) is 1. The Morgan fingerprint density at radius 1 is 1.16 bits per heavy atom. The highest BCUT2D eigenvalue weighted by atomic mass is 127. The molecule has 6 heteroatoms. The van der Waals surface area contributed by atoms with Crippen molar-refractivity contribution in [1.29, 1.82) is 0 Å². The minimum Gasteiger partial charge on any atom is -0.303 e. The van der Waals surface area contributed by atoms with E-state index in [-0.39, 0.29) is 11.6 Å². The number of carbonyl (C=O) groups is 1. The molecule has 0 unspecified atom stereocenters. The van der Waals surface area contributed by atoms with Crippen LogP contribution in [-0.2, 0) is 0 Å². The van der Waals surface area contributed by atoms with Crippen molar-refractivity contribution in [2.24, 2.45) is 4.99 Å². The fraction of sp³-hybridized carbons (Fsp3) is 0.615. The summed E-state index contributed by atoms with van der Waals surface area (Å²) in [7, 11) is 0. The fourth-order valence-corrected chi connectivity index (χ4v) is 6.03. The van der Waals surface area contributed by atoms with Gasteiger partial charge in [-0.05, 0) is 92.3 Å². The van der Waals surface area contributed by atoms with Gasteiger partial charge >= 0.3 is 6.03 Å². The van der Waals surface area contributed by atoms with E-state index in [4.69, 9.17) is 4.99 Å². The van der Waals surface area contributed by atoms with Gasteiger partial charge in [0.2, 0.25) is 0 Å². The number of benzene rings is 1. The molecule has 0 radical (unpaired) electrons. The van der Waals surface area contributed by atoms with Gasteiger partial charge in [-0.2, -0.15) is 0 Å². The zero-order valence-corrected chi connectivity index (χ0v) is 21.4. The van der Waals surface area contributed by atoms with E-state index in [1.165, 1.54) is 38.5 Å². The molecule has 1 aromatic carbocycles. The molecule has 2 amide bonds. The summed E-state index contributed by atoms with van der Waals surface area (Å²) in [5.41, 5.74) is 0.652. The van der Waals surface area contributed by atoms with E-state index < -0.39 is 0 Å². The number of anilines is 1. The number of aliphatic imine (C=N–C) groups is 1. The largest absolute Gasteiger partial charge is 0.328 e. The molecule has 0 bridgehead atoms. The van der Waals surface area contributed by atoms with Gasteiger partial charge in [-0.15, -0.1) is 6.58 Å². The molecule has 0 aromatic heterocycles. The van der Waals surface area contributed by atoms with Crippen LogP contribution in [0.1, 0.15) is 70.6 Å². The molecular weight excluding hydrogens is 511 g/mol. The predicted octanol–water partition coefficient (Wildman–Crippen LogP) is 6.13. The minimum atomic E-state index is -0.335. The lowest BCUT2D eigenvalue weighted by atomic mass is 9.84. The van der Waals surface area contributed by atoms with Gasteiger partial charge < -0.3 is 4.90 Å². The number of piperidine rings is 1. The summed E-state index contributed by atoms with van der Waals surface area (Å²) in [4.78, 5) is 23.1. The molecule has 1 spiro atoms. The zero-order valence-electron chi connectivity index (χ0n) is 19.2. The highest BCUT2D eigenvalue weighted by molar-refractivity contribution is 14.1. The Hall–Kier alpha value is -1.41. The quantitative estimate of drug-likeness (QED) is 0.241. The van der Waals surface area contributed by atoms with Crippen molar-refractivity contribution < 1.29 is 4.79 Å². The highest BCUT2D eigenvalue weighted by Gasteiger charge is 2.53. The molecule has 4 rings (SSSR count). The number of unbranched alkanes of at least 4 members (excludes halogenated alkanes) is 3. The number of halogens is 1. The summed E-state index contributed by atoms with van der Waals surface area (Å²) < 4.78 is 1.15. The number of nitrogens with zero attached hydrogens (tertiary/aromatic N) is 3. The molecule has 1 aliphatic carbocycles. The summed E-state index contributed by atoms with van der Waals surface area (Å²) in [5.74, 6) is 0.930. The van der Waals surface area contributed by atoms with Crippen molar-refractivity contribution in [3.63, 3.8) is 0 Å². The average molecular weight is 549 g/mol. The van der Waals surface area contributed by atoms with Gasteiger partial charge in [-0.3, -0.25) is 15.2 Å². The SMILES string of the molecule is C=CCCCCCN1CCC2(CC1)C(=NC1CCCCC1)NC(=O)N2c1cccc(I)c1. The fourth-order valence-electron chi connectivity index (χ4n) is 5.51. The molecule has 1 aromatic rings. The Labute approximate surface area is 206 Å². The van der Waals surface area contributed by atoms with Crippen molar-refractivity contribution >= 4 is 40.1 Å². The second-order valence-corrected chi connectivity index (χ2v) is 10.8. The van der Waals surface area contributed by atoms with E-state index in [0.717, 1.165) is 66.8 Å². The number of hydrogen-bond donors (Lipinski definition) is 1.